The van der Waals surface area contributed by atoms with Crippen LogP contribution in [0.1, 0.15) is 316 Å². The van der Waals surface area contributed by atoms with Crippen molar-refractivity contribution in [3.8, 4) is 0 Å². The molecule has 0 N–H and O–H groups in total. The normalized spacial score (nSPS) is 12.5. The average molecular weight is 1020 g/mol. The lowest BCUT2D eigenvalue weighted by Crippen LogP contribution is -2.30. The van der Waals surface area contributed by atoms with Gasteiger partial charge in [-0.1, -0.05) is 286 Å². The molecule has 0 bridgehead atoms. The first-order valence-electron chi connectivity index (χ1n) is 31.4. The van der Waals surface area contributed by atoms with Gasteiger partial charge >= 0.3 is 17.9 Å². The summed E-state index contributed by atoms with van der Waals surface area (Å²) in [6, 6.07) is 0. The Kier molecular flexibility index (Phi) is 58.7. The van der Waals surface area contributed by atoms with E-state index in [4.69, 9.17) is 14.2 Å². The molecule has 6 nitrogen and oxygen atoms in total. The molecule has 0 aromatic heterocycles. The lowest BCUT2D eigenvalue weighted by Gasteiger charge is -2.18. The lowest BCUT2D eigenvalue weighted by atomic mass is 10.0. The number of unbranched alkanes of at least 4 members (excludes halogenated alkanes) is 34. The standard InChI is InChI=1S/C67H118O6/c1-4-7-10-13-16-19-22-24-26-28-30-31-32-33-34-35-36-37-38-40-41-43-45-48-51-54-57-60-66(69)72-63-64(62-71-65(68)59-56-53-50-47-21-18-15-12-9-6-3)73-67(70)61-58-55-52-49-46-44-42-39-29-27-25-23-20-17-14-11-8-5-2/h7,10,12,15-16,19,24,26,30-31,33-34,64H,4-6,8-9,11,13-14,17-18,20-23,25,27-29,32,35-63H2,1-3H3/b10-7-,15-12-,19-16-,26-24-,31-30-,34-33-. The first-order chi connectivity index (χ1) is 36.0. The van der Waals surface area contributed by atoms with Crippen molar-refractivity contribution in [2.45, 2.75) is 322 Å². The van der Waals surface area contributed by atoms with Crippen LogP contribution in [-0.2, 0) is 28.6 Å². The molecule has 0 amide bonds. The van der Waals surface area contributed by atoms with Crippen LogP contribution < -0.4 is 0 Å². The van der Waals surface area contributed by atoms with E-state index in [0.717, 1.165) is 103 Å². The summed E-state index contributed by atoms with van der Waals surface area (Å²) in [5, 5.41) is 0. The van der Waals surface area contributed by atoms with E-state index in [1.807, 2.05) is 0 Å². The van der Waals surface area contributed by atoms with E-state index in [0.29, 0.717) is 19.3 Å². The van der Waals surface area contributed by atoms with Gasteiger partial charge in [-0.25, -0.2) is 0 Å². The van der Waals surface area contributed by atoms with E-state index in [2.05, 4.69) is 93.7 Å². The molecule has 1 unspecified atom stereocenters. The summed E-state index contributed by atoms with van der Waals surface area (Å²) in [5.74, 6) is -0.875. The zero-order chi connectivity index (χ0) is 52.9. The van der Waals surface area contributed by atoms with Crippen LogP contribution in [0, 0.1) is 0 Å². The highest BCUT2D eigenvalue weighted by Crippen LogP contribution is 2.17. The zero-order valence-corrected chi connectivity index (χ0v) is 48.4. The van der Waals surface area contributed by atoms with Crippen LogP contribution in [-0.4, -0.2) is 37.2 Å². The maximum absolute atomic E-state index is 12.9. The van der Waals surface area contributed by atoms with E-state index >= 15 is 0 Å². The average Bonchev–Trinajstić information content (AvgIpc) is 3.39. The topological polar surface area (TPSA) is 78.9 Å². The minimum absolute atomic E-state index is 0.0763. The summed E-state index contributed by atoms with van der Waals surface area (Å²) in [7, 11) is 0. The molecular formula is C67H118O6. The predicted octanol–water partition coefficient (Wildman–Crippen LogP) is 21.3. The van der Waals surface area contributed by atoms with Gasteiger partial charge in [0, 0.05) is 19.3 Å². The second-order valence-electron chi connectivity index (χ2n) is 20.9. The van der Waals surface area contributed by atoms with Crippen molar-refractivity contribution in [1.82, 2.24) is 0 Å². The summed E-state index contributed by atoms with van der Waals surface area (Å²) in [4.78, 5) is 38.2. The molecule has 0 aromatic rings. The Morgan fingerprint density at radius 3 is 0.904 bits per heavy atom. The SMILES string of the molecule is CC/C=C\C/C=C\C/C=C\C/C=C\C/C=C\CCCCCCCCCCCCCC(=O)OCC(COC(=O)CCCCCCC/C=C\CCC)OC(=O)CCCCCCCCCCCCCCCCCCCC. The molecule has 0 heterocycles. The van der Waals surface area contributed by atoms with Crippen LogP contribution in [0.25, 0.3) is 0 Å². The van der Waals surface area contributed by atoms with Gasteiger partial charge in [-0.05, 0) is 83.5 Å². The van der Waals surface area contributed by atoms with E-state index in [1.165, 1.54) is 173 Å². The number of hydrogen-bond acceptors (Lipinski definition) is 6. The summed E-state index contributed by atoms with van der Waals surface area (Å²) >= 11 is 0. The van der Waals surface area contributed by atoms with Crippen LogP contribution in [0.4, 0.5) is 0 Å². The van der Waals surface area contributed by atoms with Crippen molar-refractivity contribution in [2.24, 2.45) is 0 Å². The maximum Gasteiger partial charge on any atom is 0.306 e. The molecule has 0 saturated carbocycles. The summed E-state index contributed by atoms with van der Waals surface area (Å²) < 4.78 is 16.9. The highest BCUT2D eigenvalue weighted by Gasteiger charge is 2.19. The smallest absolute Gasteiger partial charge is 0.306 e. The molecule has 1 atom stereocenters. The first-order valence-corrected chi connectivity index (χ1v) is 31.4. The summed E-state index contributed by atoms with van der Waals surface area (Å²) in [5.41, 5.74) is 0. The monoisotopic (exact) mass is 1020 g/mol. The molecule has 0 aliphatic rings. The first kappa shape index (κ1) is 69.8. The third-order valence-electron chi connectivity index (χ3n) is 13.7. The fourth-order valence-electron chi connectivity index (χ4n) is 9.00. The Bertz CT molecular complexity index is 1360. The number of rotatable bonds is 57. The van der Waals surface area contributed by atoms with E-state index in [-0.39, 0.29) is 31.1 Å². The fourth-order valence-corrected chi connectivity index (χ4v) is 9.00. The van der Waals surface area contributed by atoms with Crippen molar-refractivity contribution in [1.29, 1.82) is 0 Å². The van der Waals surface area contributed by atoms with E-state index in [9.17, 15) is 14.4 Å². The third kappa shape index (κ3) is 59.6. The number of carbonyl (C=O) groups is 3. The molecule has 0 rings (SSSR count). The molecule has 0 aromatic carbocycles. The van der Waals surface area contributed by atoms with Crippen LogP contribution in [0.3, 0.4) is 0 Å². The van der Waals surface area contributed by atoms with Crippen LogP contribution in [0.5, 0.6) is 0 Å². The molecule has 0 fully saturated rings. The maximum atomic E-state index is 12.9. The predicted molar refractivity (Wildman–Crippen MR) is 316 cm³/mol. The largest absolute Gasteiger partial charge is 0.462 e. The molecule has 0 aliphatic carbocycles. The Morgan fingerprint density at radius 1 is 0.288 bits per heavy atom. The molecule has 73 heavy (non-hydrogen) atoms. The second kappa shape index (κ2) is 61.4. The third-order valence-corrected chi connectivity index (χ3v) is 13.7. The lowest BCUT2D eigenvalue weighted by molar-refractivity contribution is -0.167. The molecule has 6 heteroatoms. The fraction of sp³-hybridized carbons (Fsp3) is 0.776. The van der Waals surface area contributed by atoms with Gasteiger partial charge in [0.05, 0.1) is 0 Å². The van der Waals surface area contributed by atoms with Crippen LogP contribution >= 0.6 is 0 Å². The highest BCUT2D eigenvalue weighted by atomic mass is 16.6. The Labute approximate surface area is 453 Å². The number of carbonyl (C=O) groups excluding carboxylic acids is 3. The van der Waals surface area contributed by atoms with E-state index in [1.54, 1.807) is 0 Å². The van der Waals surface area contributed by atoms with Gasteiger partial charge in [-0.15, -0.1) is 0 Å². The second-order valence-corrected chi connectivity index (χ2v) is 20.9. The molecular weight excluding hydrogens is 901 g/mol. The number of allylic oxidation sites excluding steroid dienone is 12. The quantitative estimate of drug-likeness (QED) is 0.0261. The Balaban J connectivity index is 4.21. The van der Waals surface area contributed by atoms with Crippen molar-refractivity contribution in [2.75, 3.05) is 13.2 Å². The highest BCUT2D eigenvalue weighted by molar-refractivity contribution is 5.71. The van der Waals surface area contributed by atoms with Gasteiger partial charge in [0.25, 0.3) is 0 Å². The number of esters is 3. The molecule has 0 aliphatic heterocycles. The molecule has 422 valence electrons. The number of hydrogen-bond donors (Lipinski definition) is 0. The van der Waals surface area contributed by atoms with Gasteiger partial charge in [0.2, 0.25) is 0 Å². The zero-order valence-electron chi connectivity index (χ0n) is 48.4. The number of ether oxygens (including phenoxy) is 3. The molecule has 0 radical (unpaired) electrons. The Morgan fingerprint density at radius 2 is 0.562 bits per heavy atom. The summed E-state index contributed by atoms with van der Waals surface area (Å²) in [6.07, 6.45) is 79.1. The summed E-state index contributed by atoms with van der Waals surface area (Å²) in [6.45, 7) is 6.49. The molecule has 0 spiro atoms. The minimum atomic E-state index is -0.777. The van der Waals surface area contributed by atoms with Crippen LogP contribution in [0.2, 0.25) is 0 Å². The van der Waals surface area contributed by atoms with Gasteiger partial charge < -0.3 is 14.2 Å². The molecule has 0 saturated heterocycles. The van der Waals surface area contributed by atoms with Crippen molar-refractivity contribution in [3.05, 3.63) is 72.9 Å². The van der Waals surface area contributed by atoms with Crippen molar-refractivity contribution in [3.63, 3.8) is 0 Å². The van der Waals surface area contributed by atoms with Gasteiger partial charge in [0.15, 0.2) is 6.10 Å². The van der Waals surface area contributed by atoms with Crippen molar-refractivity contribution < 1.29 is 28.6 Å². The van der Waals surface area contributed by atoms with Gasteiger partial charge in [0.1, 0.15) is 13.2 Å². The van der Waals surface area contributed by atoms with Gasteiger partial charge in [-0.2, -0.15) is 0 Å². The van der Waals surface area contributed by atoms with Crippen LogP contribution in [0.15, 0.2) is 72.9 Å². The van der Waals surface area contributed by atoms with E-state index < -0.39 is 6.10 Å². The van der Waals surface area contributed by atoms with Gasteiger partial charge in [-0.3, -0.25) is 14.4 Å². The Hall–Kier alpha value is -3.15. The van der Waals surface area contributed by atoms with Crippen molar-refractivity contribution >= 4 is 17.9 Å². The minimum Gasteiger partial charge on any atom is -0.462 e.